The van der Waals surface area contributed by atoms with Gasteiger partial charge in [-0.25, -0.2) is 4.98 Å². The minimum Gasteiger partial charge on any atom is -0.367 e. The van der Waals surface area contributed by atoms with E-state index in [1.807, 2.05) is 0 Å². The Morgan fingerprint density at radius 3 is 3.00 bits per heavy atom. The maximum atomic E-state index is 11.1. The Bertz CT molecular complexity index is 413. The van der Waals surface area contributed by atoms with E-state index in [2.05, 4.69) is 15.3 Å². The van der Waals surface area contributed by atoms with Crippen LogP contribution < -0.4 is 16.6 Å². The molecule has 1 aliphatic rings. The summed E-state index contributed by atoms with van der Waals surface area (Å²) in [6.45, 7) is 0.600. The highest BCUT2D eigenvalue weighted by Crippen LogP contribution is 2.29. The monoisotopic (exact) mass is 228 g/mol. The number of nitrogens with two attached hydrogens (primary N) is 1. The average molecular weight is 229 g/mol. The highest BCUT2D eigenvalue weighted by Gasteiger charge is 2.32. The third kappa shape index (κ3) is 2.13. The molecular weight excluding hydrogens is 216 g/mol. The van der Waals surface area contributed by atoms with Crippen LogP contribution in [0.1, 0.15) is 19.3 Å². The van der Waals surface area contributed by atoms with E-state index >= 15 is 0 Å². The minimum absolute atomic E-state index is 0.0837. The van der Waals surface area contributed by atoms with Gasteiger partial charge >= 0.3 is 0 Å². The molecule has 1 aliphatic carbocycles. The molecule has 1 fully saturated rings. The lowest BCUT2D eigenvalue weighted by atomic mass is 9.78. The zero-order valence-electron chi connectivity index (χ0n) is 8.22. The van der Waals surface area contributed by atoms with E-state index in [1.165, 1.54) is 6.33 Å². The zero-order chi connectivity index (χ0) is 10.9. The third-order valence-electron chi connectivity index (χ3n) is 2.75. The van der Waals surface area contributed by atoms with Crippen molar-refractivity contribution in [1.82, 2.24) is 9.97 Å². The molecule has 2 rings (SSSR count). The molecule has 5 nitrogen and oxygen atoms in total. The summed E-state index contributed by atoms with van der Waals surface area (Å²) < 4.78 is 0. The number of halogens is 1. The van der Waals surface area contributed by atoms with Crippen LogP contribution in [-0.2, 0) is 0 Å². The summed E-state index contributed by atoms with van der Waals surface area (Å²) in [6.07, 6.45) is 4.48. The van der Waals surface area contributed by atoms with E-state index in [4.69, 9.17) is 17.3 Å². The quantitative estimate of drug-likeness (QED) is 0.712. The molecule has 1 aromatic rings. The van der Waals surface area contributed by atoms with Crippen molar-refractivity contribution >= 4 is 17.4 Å². The molecule has 0 amide bonds. The van der Waals surface area contributed by atoms with Gasteiger partial charge in [0, 0.05) is 12.1 Å². The van der Waals surface area contributed by atoms with Crippen LogP contribution in [0.25, 0.3) is 0 Å². The van der Waals surface area contributed by atoms with Crippen molar-refractivity contribution in [2.45, 2.75) is 24.8 Å². The topological polar surface area (TPSA) is 83.8 Å². The second-order valence-electron chi connectivity index (χ2n) is 3.96. The second-order valence-corrected chi connectivity index (χ2v) is 4.34. The molecule has 0 radical (unpaired) electrons. The van der Waals surface area contributed by atoms with Gasteiger partial charge in [0.05, 0.1) is 6.33 Å². The number of nitrogens with zero attached hydrogens (tertiary/aromatic N) is 1. The number of anilines is 1. The Labute approximate surface area is 92.0 Å². The van der Waals surface area contributed by atoms with Gasteiger partial charge in [-0.15, -0.1) is 0 Å². The lowest BCUT2D eigenvalue weighted by Gasteiger charge is -2.38. The van der Waals surface area contributed by atoms with Gasteiger partial charge in [0.15, 0.2) is 5.82 Å². The van der Waals surface area contributed by atoms with Crippen LogP contribution in [0.2, 0.25) is 5.02 Å². The summed E-state index contributed by atoms with van der Waals surface area (Å²) >= 11 is 5.77. The molecule has 1 saturated carbocycles. The predicted octanol–water partition coefficient (Wildman–Crippen LogP) is 0.717. The Hall–Kier alpha value is -1.07. The second kappa shape index (κ2) is 3.83. The molecule has 0 saturated heterocycles. The van der Waals surface area contributed by atoms with Crippen LogP contribution in [-0.4, -0.2) is 22.1 Å². The maximum Gasteiger partial charge on any atom is 0.271 e. The summed E-state index contributed by atoms with van der Waals surface area (Å²) in [5, 5.41) is 3.09. The third-order valence-corrected chi connectivity index (χ3v) is 3.10. The van der Waals surface area contributed by atoms with Crippen molar-refractivity contribution in [3.8, 4) is 0 Å². The highest BCUT2D eigenvalue weighted by molar-refractivity contribution is 6.32. The van der Waals surface area contributed by atoms with Crippen LogP contribution in [0.15, 0.2) is 11.1 Å². The lowest BCUT2D eigenvalue weighted by Crippen LogP contribution is -2.52. The van der Waals surface area contributed by atoms with E-state index < -0.39 is 0 Å². The molecule has 1 heterocycles. The van der Waals surface area contributed by atoms with Crippen LogP contribution in [0.3, 0.4) is 0 Å². The van der Waals surface area contributed by atoms with E-state index in [-0.39, 0.29) is 16.1 Å². The van der Waals surface area contributed by atoms with Crippen molar-refractivity contribution in [2.24, 2.45) is 5.73 Å². The number of aromatic nitrogens is 2. The van der Waals surface area contributed by atoms with Gasteiger partial charge in [-0.2, -0.15) is 0 Å². The molecule has 4 N–H and O–H groups in total. The van der Waals surface area contributed by atoms with Gasteiger partial charge in [-0.05, 0) is 19.3 Å². The summed E-state index contributed by atoms with van der Waals surface area (Å²) in [5.74, 6) is 0.400. The minimum atomic E-state index is -0.339. The van der Waals surface area contributed by atoms with Gasteiger partial charge in [0.1, 0.15) is 5.02 Å². The first-order valence-corrected chi connectivity index (χ1v) is 5.24. The number of nitrogens with one attached hydrogen (secondary N) is 2. The number of rotatable bonds is 3. The zero-order valence-corrected chi connectivity index (χ0v) is 8.97. The van der Waals surface area contributed by atoms with Crippen LogP contribution in [0, 0.1) is 0 Å². The Morgan fingerprint density at radius 2 is 2.40 bits per heavy atom. The maximum absolute atomic E-state index is 11.1. The van der Waals surface area contributed by atoms with Crippen molar-refractivity contribution < 1.29 is 0 Å². The predicted molar refractivity (Wildman–Crippen MR) is 59.1 cm³/mol. The Morgan fingerprint density at radius 1 is 1.67 bits per heavy atom. The standard InChI is InChI=1S/C9H13ClN4O/c10-6-7(13-5-14-8(6)15)12-4-9(11)2-1-3-9/h5H,1-4,11H2,(H2,12,13,14,15). The Kier molecular flexibility index (Phi) is 2.67. The van der Waals surface area contributed by atoms with Crippen LogP contribution >= 0.6 is 11.6 Å². The van der Waals surface area contributed by atoms with E-state index in [9.17, 15) is 4.79 Å². The summed E-state index contributed by atoms with van der Waals surface area (Å²) in [6, 6.07) is 0. The molecule has 0 bridgehead atoms. The molecule has 0 aliphatic heterocycles. The molecular formula is C9H13ClN4O. The van der Waals surface area contributed by atoms with Gasteiger partial charge < -0.3 is 16.0 Å². The first kappa shape index (κ1) is 10.4. The van der Waals surface area contributed by atoms with Gasteiger partial charge in [-0.1, -0.05) is 11.6 Å². The SMILES string of the molecule is NC1(CNc2nc[nH]c(=O)c2Cl)CCC1. The molecule has 0 unspecified atom stereocenters. The number of aromatic amines is 1. The Balaban J connectivity index is 2.05. The van der Waals surface area contributed by atoms with Gasteiger partial charge in [0.25, 0.3) is 5.56 Å². The van der Waals surface area contributed by atoms with Crippen molar-refractivity contribution in [1.29, 1.82) is 0 Å². The van der Waals surface area contributed by atoms with Gasteiger partial charge in [0.2, 0.25) is 0 Å². The smallest absolute Gasteiger partial charge is 0.271 e. The number of hydrogen-bond donors (Lipinski definition) is 3. The molecule has 0 atom stereocenters. The summed E-state index contributed by atoms with van der Waals surface area (Å²) in [7, 11) is 0. The normalized spacial score (nSPS) is 18.3. The van der Waals surface area contributed by atoms with Crippen LogP contribution in [0.4, 0.5) is 5.82 Å². The first-order valence-electron chi connectivity index (χ1n) is 4.87. The van der Waals surface area contributed by atoms with Crippen molar-refractivity contribution in [2.75, 3.05) is 11.9 Å². The van der Waals surface area contributed by atoms with Crippen LogP contribution in [0.5, 0.6) is 0 Å². The lowest BCUT2D eigenvalue weighted by molar-refractivity contribution is 0.265. The fourth-order valence-corrected chi connectivity index (χ4v) is 1.74. The number of hydrogen-bond acceptors (Lipinski definition) is 4. The fraction of sp³-hybridized carbons (Fsp3) is 0.556. The molecule has 82 valence electrons. The summed E-state index contributed by atoms with van der Waals surface area (Å²) in [4.78, 5) is 17.5. The van der Waals surface area contributed by atoms with E-state index in [1.54, 1.807) is 0 Å². The molecule has 15 heavy (non-hydrogen) atoms. The fourth-order valence-electron chi connectivity index (χ4n) is 1.57. The summed E-state index contributed by atoms with van der Waals surface area (Å²) in [5.41, 5.74) is 5.52. The highest BCUT2D eigenvalue weighted by atomic mass is 35.5. The van der Waals surface area contributed by atoms with Crippen molar-refractivity contribution in [3.05, 3.63) is 21.7 Å². The molecule has 0 aromatic carbocycles. The van der Waals surface area contributed by atoms with Crippen molar-refractivity contribution in [3.63, 3.8) is 0 Å². The molecule has 1 aromatic heterocycles. The first-order chi connectivity index (χ1) is 7.11. The molecule has 6 heteroatoms. The van der Waals surface area contributed by atoms with E-state index in [0.717, 1.165) is 19.3 Å². The molecule has 0 spiro atoms. The number of H-pyrrole nitrogens is 1. The average Bonchev–Trinajstić information content (AvgIpc) is 2.17. The van der Waals surface area contributed by atoms with Gasteiger partial charge in [-0.3, -0.25) is 4.79 Å². The van der Waals surface area contributed by atoms with E-state index in [0.29, 0.717) is 12.4 Å². The largest absolute Gasteiger partial charge is 0.367 e.